The number of ether oxygens (including phenoxy) is 1. The molecule has 1 saturated heterocycles. The Morgan fingerprint density at radius 3 is 2.59 bits per heavy atom. The van der Waals surface area contributed by atoms with E-state index in [1.54, 1.807) is 0 Å². The first kappa shape index (κ1) is 27.6. The molecule has 0 spiro atoms. The second kappa shape index (κ2) is 12.4. The number of carbonyl (C=O) groups is 1. The van der Waals surface area contributed by atoms with Crippen molar-refractivity contribution in [2.75, 3.05) is 13.1 Å². The maximum Gasteiger partial charge on any atom is 0.320 e. The summed E-state index contributed by atoms with van der Waals surface area (Å²) in [5.41, 5.74) is 4.66. The van der Waals surface area contributed by atoms with E-state index in [-0.39, 0.29) is 12.1 Å². The van der Waals surface area contributed by atoms with E-state index in [2.05, 4.69) is 30.0 Å². The molecule has 0 amide bonds. The van der Waals surface area contributed by atoms with Crippen molar-refractivity contribution in [3.05, 3.63) is 52.5 Å². The highest BCUT2D eigenvalue weighted by Crippen LogP contribution is 2.35. The number of carboxylic acids is 1. The van der Waals surface area contributed by atoms with E-state index in [9.17, 15) is 9.90 Å². The van der Waals surface area contributed by atoms with Crippen molar-refractivity contribution in [3.63, 3.8) is 0 Å². The van der Waals surface area contributed by atoms with Crippen LogP contribution < -0.4 is 4.74 Å². The van der Waals surface area contributed by atoms with Crippen molar-refractivity contribution in [2.45, 2.75) is 71.9 Å². The third kappa shape index (κ3) is 6.51. The summed E-state index contributed by atoms with van der Waals surface area (Å²) in [4.78, 5) is 18.6. The Labute approximate surface area is 228 Å². The van der Waals surface area contributed by atoms with Crippen LogP contribution in [0.25, 0.3) is 22.0 Å². The molecule has 37 heavy (non-hydrogen) atoms. The van der Waals surface area contributed by atoms with Gasteiger partial charge in [-0.15, -0.1) is 0 Å². The Bertz CT molecular complexity index is 1220. The quantitative estimate of drug-likeness (QED) is 0.298. The monoisotopic (exact) mass is 541 g/mol. The van der Waals surface area contributed by atoms with Crippen LogP contribution in [0.4, 0.5) is 0 Å². The first-order valence-corrected chi connectivity index (χ1v) is 14.3. The molecule has 0 saturated carbocycles. The molecule has 8 heteroatoms. The van der Waals surface area contributed by atoms with Crippen molar-refractivity contribution in [3.8, 4) is 27.7 Å². The molecular weight excluding hydrogens is 506 g/mol. The van der Waals surface area contributed by atoms with Crippen LogP contribution in [-0.2, 0) is 17.6 Å². The lowest BCUT2D eigenvalue weighted by molar-refractivity contribution is -0.144. The Balaban J connectivity index is 1.50. The first-order chi connectivity index (χ1) is 17.8. The number of piperidine rings is 1. The molecular formula is C29H36ClN3O3S. The average molecular weight is 542 g/mol. The van der Waals surface area contributed by atoms with Gasteiger partial charge in [0.2, 0.25) is 0 Å². The van der Waals surface area contributed by atoms with Crippen molar-refractivity contribution >= 4 is 29.1 Å². The molecule has 6 nitrogen and oxygen atoms in total. The van der Waals surface area contributed by atoms with Gasteiger partial charge in [0.15, 0.2) is 5.82 Å². The molecule has 1 N–H and O–H groups in total. The minimum absolute atomic E-state index is 0.0572. The fraction of sp³-hybridized carbons (Fsp3) is 0.483. The van der Waals surface area contributed by atoms with E-state index in [0.29, 0.717) is 23.1 Å². The largest absolute Gasteiger partial charge is 0.489 e. The predicted molar refractivity (Wildman–Crippen MR) is 151 cm³/mol. The van der Waals surface area contributed by atoms with E-state index in [0.717, 1.165) is 60.7 Å². The molecule has 4 rings (SSSR count). The predicted octanol–water partition coefficient (Wildman–Crippen LogP) is 6.99. The summed E-state index contributed by atoms with van der Waals surface area (Å²) < 4.78 is 10.5. The van der Waals surface area contributed by atoms with Gasteiger partial charge in [-0.05, 0) is 106 Å². The number of nitrogens with zero attached hydrogens (tertiary/aromatic N) is 3. The lowest BCUT2D eigenvalue weighted by Gasteiger charge is -2.35. The Morgan fingerprint density at radius 2 is 1.97 bits per heavy atom. The van der Waals surface area contributed by atoms with Crippen LogP contribution in [0.1, 0.15) is 58.1 Å². The molecule has 2 heterocycles. The Morgan fingerprint density at radius 1 is 1.22 bits per heavy atom. The summed E-state index contributed by atoms with van der Waals surface area (Å²) in [6.07, 6.45) is 4.65. The van der Waals surface area contributed by atoms with Gasteiger partial charge in [-0.25, -0.2) is 4.98 Å². The number of benzene rings is 2. The van der Waals surface area contributed by atoms with Gasteiger partial charge in [-0.3, -0.25) is 9.69 Å². The summed E-state index contributed by atoms with van der Waals surface area (Å²) in [6.45, 7) is 9.78. The van der Waals surface area contributed by atoms with Crippen LogP contribution in [0, 0.1) is 5.92 Å². The highest BCUT2D eigenvalue weighted by Gasteiger charge is 2.28. The maximum atomic E-state index is 11.6. The van der Waals surface area contributed by atoms with Crippen LogP contribution >= 0.6 is 23.1 Å². The van der Waals surface area contributed by atoms with E-state index < -0.39 is 5.97 Å². The van der Waals surface area contributed by atoms with Gasteiger partial charge in [0.25, 0.3) is 0 Å². The van der Waals surface area contributed by atoms with E-state index in [4.69, 9.17) is 25.7 Å². The standard InChI is InChI=1S/C29H36ClN3O3S/c1-5-22-20(16-19-12-14-33(15-13-19)25(6-2)29(34)35)8-7-9-23(22)27-31-28(37-32-27)21-10-11-26(24(30)17-21)36-18(3)4/h7-11,17-19,25H,5-6,12-16H2,1-4H3,(H,34,35). The lowest BCUT2D eigenvalue weighted by atomic mass is 9.86. The minimum atomic E-state index is -0.709. The fourth-order valence-electron chi connectivity index (χ4n) is 5.26. The summed E-state index contributed by atoms with van der Waals surface area (Å²) in [5, 5.41) is 10.9. The molecule has 198 valence electrons. The van der Waals surface area contributed by atoms with Crippen molar-refractivity contribution in [2.24, 2.45) is 5.92 Å². The van der Waals surface area contributed by atoms with Crippen molar-refractivity contribution < 1.29 is 14.6 Å². The van der Waals surface area contributed by atoms with E-state index >= 15 is 0 Å². The normalized spacial score (nSPS) is 15.7. The molecule has 3 aromatic rings. The summed E-state index contributed by atoms with van der Waals surface area (Å²) in [5.74, 6) is 1.26. The molecule has 1 fully saturated rings. The molecule has 0 radical (unpaired) electrons. The van der Waals surface area contributed by atoms with Gasteiger partial charge in [-0.2, -0.15) is 4.37 Å². The highest BCUT2D eigenvalue weighted by molar-refractivity contribution is 7.09. The van der Waals surface area contributed by atoms with Crippen molar-refractivity contribution in [1.82, 2.24) is 14.3 Å². The zero-order valence-electron chi connectivity index (χ0n) is 22.0. The van der Waals surface area contributed by atoms with Gasteiger partial charge in [0, 0.05) is 11.1 Å². The molecule has 1 aliphatic rings. The zero-order chi connectivity index (χ0) is 26.5. The molecule has 0 bridgehead atoms. The Kier molecular flexibility index (Phi) is 9.22. The lowest BCUT2D eigenvalue weighted by Crippen LogP contribution is -2.45. The number of hydrogen-bond acceptors (Lipinski definition) is 6. The number of aromatic nitrogens is 2. The van der Waals surface area contributed by atoms with Crippen LogP contribution in [0.15, 0.2) is 36.4 Å². The zero-order valence-corrected chi connectivity index (χ0v) is 23.6. The van der Waals surface area contributed by atoms with Crippen LogP contribution in [0.2, 0.25) is 5.02 Å². The smallest absolute Gasteiger partial charge is 0.320 e. The molecule has 1 aliphatic heterocycles. The van der Waals surface area contributed by atoms with E-state index in [1.807, 2.05) is 39.0 Å². The number of rotatable bonds is 10. The molecule has 1 unspecified atom stereocenters. The summed E-state index contributed by atoms with van der Waals surface area (Å²) in [6, 6.07) is 11.8. The summed E-state index contributed by atoms with van der Waals surface area (Å²) in [7, 11) is 0. The number of halogens is 1. The topological polar surface area (TPSA) is 75.6 Å². The second-order valence-corrected chi connectivity index (χ2v) is 11.1. The van der Waals surface area contributed by atoms with Crippen LogP contribution in [0.3, 0.4) is 0 Å². The van der Waals surface area contributed by atoms with E-state index in [1.165, 1.54) is 22.7 Å². The second-order valence-electron chi connectivity index (χ2n) is 9.98. The van der Waals surface area contributed by atoms with Gasteiger partial charge < -0.3 is 9.84 Å². The molecule has 0 aliphatic carbocycles. The highest BCUT2D eigenvalue weighted by atomic mass is 35.5. The third-order valence-electron chi connectivity index (χ3n) is 7.11. The molecule has 1 aromatic heterocycles. The van der Waals surface area contributed by atoms with Crippen LogP contribution in [-0.4, -0.2) is 50.6 Å². The number of hydrogen-bond donors (Lipinski definition) is 1. The van der Waals surface area contributed by atoms with Gasteiger partial charge in [0.05, 0.1) is 11.1 Å². The van der Waals surface area contributed by atoms with Gasteiger partial charge >= 0.3 is 5.97 Å². The molecule has 2 aromatic carbocycles. The molecule has 1 atom stereocenters. The van der Waals surface area contributed by atoms with Gasteiger partial charge in [-0.1, -0.05) is 43.6 Å². The van der Waals surface area contributed by atoms with Gasteiger partial charge in [0.1, 0.15) is 16.8 Å². The Hall–Kier alpha value is -2.48. The first-order valence-electron chi connectivity index (χ1n) is 13.2. The average Bonchev–Trinajstić information content (AvgIpc) is 3.36. The third-order valence-corrected chi connectivity index (χ3v) is 8.16. The number of aliphatic carboxylic acids is 1. The summed E-state index contributed by atoms with van der Waals surface area (Å²) >= 11 is 7.84. The minimum Gasteiger partial charge on any atom is -0.489 e. The maximum absolute atomic E-state index is 11.6. The van der Waals surface area contributed by atoms with Crippen molar-refractivity contribution in [1.29, 1.82) is 0 Å². The number of likely N-dealkylation sites (tertiary alicyclic amines) is 1. The van der Waals surface area contributed by atoms with Crippen LogP contribution in [0.5, 0.6) is 5.75 Å². The SMILES string of the molecule is CCc1c(CC2CCN(C(CC)C(=O)O)CC2)cccc1-c1nsc(-c2ccc(OC(C)C)c(Cl)c2)n1. The fourth-order valence-corrected chi connectivity index (χ4v) is 6.15. The number of carboxylic acid groups (broad SMARTS) is 1.